The first kappa shape index (κ1) is 73.9. The van der Waals surface area contributed by atoms with E-state index in [0.717, 1.165) is 83.5 Å². The summed E-state index contributed by atoms with van der Waals surface area (Å²) < 4.78 is 30.3. The number of nitrogens with one attached hydrogen (secondary N) is 1. The Bertz CT molecular complexity index is 1640. The van der Waals surface area contributed by atoms with Crippen molar-refractivity contribution < 1.29 is 37.3 Å². The van der Waals surface area contributed by atoms with Gasteiger partial charge in [-0.2, -0.15) is 0 Å². The number of likely N-dealkylation sites (N-methyl/N-ethyl adjacent to an activating group) is 1. The minimum absolute atomic E-state index is 0.0375. The van der Waals surface area contributed by atoms with E-state index in [9.17, 15) is 19.0 Å². The molecule has 77 heavy (non-hydrogen) atoms. The van der Waals surface area contributed by atoms with Crippen LogP contribution in [0.25, 0.3) is 0 Å². The van der Waals surface area contributed by atoms with E-state index >= 15 is 0 Å². The Hall–Kier alpha value is -3.07. The van der Waals surface area contributed by atoms with Crippen LogP contribution in [0.15, 0.2) is 97.2 Å². The lowest BCUT2D eigenvalue weighted by atomic mass is 10.0. The lowest BCUT2D eigenvalue weighted by Gasteiger charge is -2.30. The summed E-state index contributed by atoms with van der Waals surface area (Å²) in [5, 5.41) is 3.01. The predicted octanol–water partition coefficient (Wildman–Crippen LogP) is 18.9. The number of hydrogen-bond donors (Lipinski definition) is 1. The van der Waals surface area contributed by atoms with Crippen molar-refractivity contribution in [1.82, 2.24) is 5.32 Å². The van der Waals surface area contributed by atoms with Gasteiger partial charge in [0.2, 0.25) is 5.91 Å². The Morgan fingerprint density at radius 3 is 1.27 bits per heavy atom. The van der Waals surface area contributed by atoms with Gasteiger partial charge in [0.05, 0.1) is 33.8 Å². The number of hydrogen-bond acceptors (Lipinski definition) is 7. The summed E-state index contributed by atoms with van der Waals surface area (Å²) in [5.74, 6) is -0.641. The zero-order valence-electron chi connectivity index (χ0n) is 50.6. The van der Waals surface area contributed by atoms with Crippen LogP contribution in [0.1, 0.15) is 265 Å². The van der Waals surface area contributed by atoms with Gasteiger partial charge in [-0.1, -0.05) is 253 Å². The van der Waals surface area contributed by atoms with Crippen LogP contribution >= 0.6 is 7.82 Å². The third-order valence-electron chi connectivity index (χ3n) is 13.5. The molecule has 0 aromatic heterocycles. The molecule has 0 bridgehead atoms. The van der Waals surface area contributed by atoms with Crippen LogP contribution in [0.3, 0.4) is 0 Å². The van der Waals surface area contributed by atoms with Crippen molar-refractivity contribution >= 4 is 19.7 Å². The molecule has 0 heterocycles. The van der Waals surface area contributed by atoms with Crippen LogP contribution < -0.4 is 10.2 Å². The fourth-order valence-corrected chi connectivity index (χ4v) is 9.38. The van der Waals surface area contributed by atoms with Gasteiger partial charge in [-0.15, -0.1) is 0 Å². The fourth-order valence-electron chi connectivity index (χ4n) is 8.66. The highest BCUT2D eigenvalue weighted by atomic mass is 31.2. The van der Waals surface area contributed by atoms with Crippen LogP contribution in [0.5, 0.6) is 0 Å². The monoisotopic (exact) mass is 1090 g/mol. The molecule has 0 aromatic carbocycles. The second-order valence-electron chi connectivity index (χ2n) is 22.2. The number of amides is 1. The highest BCUT2D eigenvalue weighted by Gasteiger charge is 2.27. The fraction of sp³-hybridized carbons (Fsp3) is 0.731. The van der Waals surface area contributed by atoms with Crippen molar-refractivity contribution in [3.63, 3.8) is 0 Å². The molecule has 3 unspecified atom stereocenters. The van der Waals surface area contributed by atoms with Crippen molar-refractivity contribution in [3.8, 4) is 0 Å². The molecule has 0 radical (unpaired) electrons. The largest absolute Gasteiger partial charge is 0.756 e. The normalized spacial score (nSPS) is 14.3. The van der Waals surface area contributed by atoms with Gasteiger partial charge >= 0.3 is 5.97 Å². The highest BCUT2D eigenvalue weighted by molar-refractivity contribution is 7.45. The van der Waals surface area contributed by atoms with E-state index < -0.39 is 32.5 Å². The first-order valence-electron chi connectivity index (χ1n) is 31.5. The summed E-state index contributed by atoms with van der Waals surface area (Å²) in [6.07, 6.45) is 75.3. The lowest BCUT2D eigenvalue weighted by Crippen LogP contribution is -2.47. The molecular weight excluding hydrogens is 976 g/mol. The van der Waals surface area contributed by atoms with Gasteiger partial charge in [0.25, 0.3) is 7.82 Å². The number of nitrogens with zero attached hydrogens (tertiary/aromatic N) is 1. The third-order valence-corrected chi connectivity index (χ3v) is 14.5. The molecule has 0 saturated heterocycles. The van der Waals surface area contributed by atoms with Crippen molar-refractivity contribution in [1.29, 1.82) is 0 Å². The number of quaternary nitrogens is 1. The number of unbranched alkanes of at least 4 members (excludes halogenated alkanes) is 26. The first-order valence-corrected chi connectivity index (χ1v) is 33.0. The highest BCUT2D eigenvalue weighted by Crippen LogP contribution is 2.38. The number of esters is 1. The molecule has 9 nitrogen and oxygen atoms in total. The smallest absolute Gasteiger partial charge is 0.306 e. The minimum Gasteiger partial charge on any atom is -0.756 e. The van der Waals surface area contributed by atoms with E-state index in [-0.39, 0.29) is 18.9 Å². The summed E-state index contributed by atoms with van der Waals surface area (Å²) in [4.78, 5) is 40.0. The number of phosphoric acid groups is 1. The molecule has 0 aliphatic rings. The van der Waals surface area contributed by atoms with Gasteiger partial charge in [-0.05, 0) is 96.0 Å². The molecule has 0 aliphatic carbocycles. The minimum atomic E-state index is -4.72. The Labute approximate surface area is 475 Å². The van der Waals surface area contributed by atoms with Crippen LogP contribution in [0.2, 0.25) is 0 Å². The molecule has 0 saturated carbocycles. The molecule has 0 fully saturated rings. The van der Waals surface area contributed by atoms with E-state index in [0.29, 0.717) is 23.9 Å². The van der Waals surface area contributed by atoms with Gasteiger partial charge in [0.1, 0.15) is 19.3 Å². The number of carbonyl (C=O) groups is 2. The quantitative estimate of drug-likeness (QED) is 0.0212. The molecule has 0 aromatic rings. The van der Waals surface area contributed by atoms with Gasteiger partial charge < -0.3 is 28.5 Å². The van der Waals surface area contributed by atoms with Crippen LogP contribution in [-0.2, 0) is 27.9 Å². The second-order valence-corrected chi connectivity index (χ2v) is 23.6. The first-order chi connectivity index (χ1) is 37.4. The Morgan fingerprint density at radius 1 is 0.468 bits per heavy atom. The molecule has 0 spiro atoms. The van der Waals surface area contributed by atoms with Crippen molar-refractivity contribution in [2.24, 2.45) is 0 Å². The zero-order valence-corrected chi connectivity index (χ0v) is 51.5. The SMILES string of the molecule is CC/C=C\C/C=C\C/C=C\C/C=C\C/C=C\C/C=C\CCC(=O)OC(/C=C/CCCCCCCCCCCCC)C(COP(=O)([O-])OCC[N+](C)(C)C)NC(=O)CCCCCCCCCCC/C=C/CCCCCCCC. The van der Waals surface area contributed by atoms with E-state index in [1.807, 2.05) is 39.4 Å². The molecule has 3 atom stereocenters. The molecule has 1 N–H and O–H groups in total. The average molecular weight is 1100 g/mol. The van der Waals surface area contributed by atoms with Crippen LogP contribution in [0, 0.1) is 0 Å². The number of allylic oxidation sites excluding steroid dienone is 15. The van der Waals surface area contributed by atoms with E-state index in [2.05, 4.69) is 99.0 Å². The lowest BCUT2D eigenvalue weighted by molar-refractivity contribution is -0.870. The number of ether oxygens (including phenoxy) is 1. The van der Waals surface area contributed by atoms with Gasteiger partial charge in [-0.3, -0.25) is 14.2 Å². The van der Waals surface area contributed by atoms with Crippen LogP contribution in [-0.4, -0.2) is 69.4 Å². The average Bonchev–Trinajstić information content (AvgIpc) is 3.39. The maximum atomic E-state index is 13.5. The molecule has 0 aliphatic heterocycles. The number of carbonyl (C=O) groups excluding carboxylic acids is 2. The van der Waals surface area contributed by atoms with E-state index in [1.165, 1.54) is 141 Å². The van der Waals surface area contributed by atoms with Gasteiger partial charge in [0, 0.05) is 12.8 Å². The Morgan fingerprint density at radius 2 is 0.844 bits per heavy atom. The predicted molar refractivity (Wildman–Crippen MR) is 330 cm³/mol. The van der Waals surface area contributed by atoms with Crippen molar-refractivity contribution in [3.05, 3.63) is 97.2 Å². The van der Waals surface area contributed by atoms with E-state index in [1.54, 1.807) is 6.08 Å². The topological polar surface area (TPSA) is 114 Å². The number of rotatable bonds is 56. The summed E-state index contributed by atoms with van der Waals surface area (Å²) in [5.41, 5.74) is 0. The van der Waals surface area contributed by atoms with Crippen molar-refractivity contribution in [2.45, 2.75) is 277 Å². The Kier molecular flexibility index (Phi) is 54.0. The van der Waals surface area contributed by atoms with Crippen molar-refractivity contribution in [2.75, 3.05) is 40.9 Å². The summed E-state index contributed by atoms with van der Waals surface area (Å²) >= 11 is 0. The molecule has 444 valence electrons. The summed E-state index contributed by atoms with van der Waals surface area (Å²) in [6.45, 7) is 6.68. The second kappa shape index (κ2) is 56.2. The number of phosphoric ester groups is 1. The summed E-state index contributed by atoms with van der Waals surface area (Å²) in [6, 6.07) is -0.925. The molecular formula is C67H119N2O7P. The van der Waals surface area contributed by atoms with E-state index in [4.69, 9.17) is 13.8 Å². The maximum absolute atomic E-state index is 13.5. The zero-order chi connectivity index (χ0) is 56.4. The Balaban J connectivity index is 5.39. The van der Waals surface area contributed by atoms with Gasteiger partial charge in [-0.25, -0.2) is 0 Å². The van der Waals surface area contributed by atoms with Crippen LogP contribution in [0.4, 0.5) is 0 Å². The third kappa shape index (κ3) is 57.4. The molecule has 0 rings (SSSR count). The standard InChI is InChI=1S/C67H119N2O7P/c1-7-10-13-16-19-22-25-28-30-32-34-36-38-41-44-47-50-53-56-59-66(70)68-64(63-75-77(72,73)74-62-61-69(4,5)6)65(58-55-52-49-46-43-40-27-24-21-18-15-12-9-3)76-67(71)60-57-54-51-48-45-42-39-37-35-33-31-29-26-23-20-17-14-11-8-2/h11,14,20,23,28-31,35,37,42,45,51,54-55,58,64-65H,7-10,12-13,15-19,21-22,24-27,32-34,36,38-41,43-44,46-50,52-53,56-57,59-63H2,1-6H3,(H-,68,70,72,73)/b14-11-,23-20-,30-28+,31-29-,37-35-,45-42-,54-51-,58-55+. The molecule has 10 heteroatoms. The maximum Gasteiger partial charge on any atom is 0.306 e. The molecule has 1 amide bonds. The summed E-state index contributed by atoms with van der Waals surface area (Å²) in [7, 11) is 1.14. The van der Waals surface area contributed by atoms with Gasteiger partial charge in [0.15, 0.2) is 0 Å².